The Hall–Kier alpha value is -1.58. The van der Waals surface area contributed by atoms with Crippen molar-refractivity contribution in [1.29, 1.82) is 0 Å². The minimum atomic E-state index is 0.928. The molecule has 4 nitrogen and oxygen atoms in total. The van der Waals surface area contributed by atoms with Crippen LogP contribution >= 0.6 is 0 Å². The zero-order chi connectivity index (χ0) is 10.3. The zero-order valence-electron chi connectivity index (χ0n) is 8.92. The van der Waals surface area contributed by atoms with Gasteiger partial charge in [0.2, 0.25) is 0 Å². The Balaban J connectivity index is 2.88. The Morgan fingerprint density at radius 1 is 1.29 bits per heavy atom. The predicted octanol–water partition coefficient (Wildman–Crippen LogP) is 1.70. The molecule has 0 saturated carbocycles. The molecular weight excluding hydrogens is 176 g/mol. The molecule has 0 aromatic carbocycles. The quantitative estimate of drug-likeness (QED) is 0.744. The second kappa shape index (κ2) is 2.97. The van der Waals surface area contributed by atoms with E-state index in [2.05, 4.69) is 15.4 Å². The molecule has 0 spiro atoms. The molecule has 0 bridgehead atoms. The van der Waals surface area contributed by atoms with Crippen LogP contribution in [-0.2, 0) is 0 Å². The molecule has 2 heterocycles. The molecule has 4 heteroatoms. The Morgan fingerprint density at radius 2 is 2.00 bits per heavy atom. The SMILES string of the molecule is CNc1c(C)cnc2c(C)c(C)nn12. The van der Waals surface area contributed by atoms with Gasteiger partial charge < -0.3 is 5.32 Å². The topological polar surface area (TPSA) is 42.2 Å². The molecule has 14 heavy (non-hydrogen) atoms. The lowest BCUT2D eigenvalue weighted by molar-refractivity contribution is 0.912. The van der Waals surface area contributed by atoms with Gasteiger partial charge in [-0.15, -0.1) is 0 Å². The van der Waals surface area contributed by atoms with Gasteiger partial charge in [0.05, 0.1) is 5.69 Å². The van der Waals surface area contributed by atoms with Crippen LogP contribution < -0.4 is 5.32 Å². The second-order valence-electron chi connectivity index (χ2n) is 3.49. The van der Waals surface area contributed by atoms with E-state index in [9.17, 15) is 0 Å². The highest BCUT2D eigenvalue weighted by molar-refractivity contribution is 5.57. The lowest BCUT2D eigenvalue weighted by Gasteiger charge is -2.06. The summed E-state index contributed by atoms with van der Waals surface area (Å²) in [6, 6.07) is 0. The van der Waals surface area contributed by atoms with E-state index in [1.165, 1.54) is 0 Å². The Morgan fingerprint density at radius 3 is 2.64 bits per heavy atom. The first-order valence-corrected chi connectivity index (χ1v) is 4.64. The number of rotatable bonds is 1. The third-order valence-electron chi connectivity index (χ3n) is 2.53. The lowest BCUT2D eigenvalue weighted by Crippen LogP contribution is -2.03. The smallest absolute Gasteiger partial charge is 0.160 e. The normalized spacial score (nSPS) is 10.9. The van der Waals surface area contributed by atoms with E-state index < -0.39 is 0 Å². The minimum Gasteiger partial charge on any atom is -0.373 e. The van der Waals surface area contributed by atoms with E-state index in [4.69, 9.17) is 0 Å². The van der Waals surface area contributed by atoms with Crippen molar-refractivity contribution in [2.45, 2.75) is 20.8 Å². The number of aryl methyl sites for hydroxylation is 3. The van der Waals surface area contributed by atoms with Gasteiger partial charge in [-0.2, -0.15) is 9.61 Å². The minimum absolute atomic E-state index is 0.928. The van der Waals surface area contributed by atoms with Crippen LogP contribution in [0.15, 0.2) is 6.20 Å². The molecule has 2 rings (SSSR count). The molecule has 0 atom stereocenters. The van der Waals surface area contributed by atoms with E-state index in [1.807, 2.05) is 38.5 Å². The van der Waals surface area contributed by atoms with Gasteiger partial charge in [0, 0.05) is 24.4 Å². The summed E-state index contributed by atoms with van der Waals surface area (Å²) in [6.45, 7) is 6.06. The maximum absolute atomic E-state index is 4.44. The molecule has 2 aromatic heterocycles. The van der Waals surface area contributed by atoms with Crippen LogP contribution in [0.4, 0.5) is 5.82 Å². The number of aromatic nitrogens is 3. The van der Waals surface area contributed by atoms with Crippen LogP contribution in [0, 0.1) is 20.8 Å². The standard InChI is InChI=1S/C10H14N4/c1-6-5-12-10-7(2)8(3)13-14(10)9(6)11-4/h5,11H,1-4H3. The summed E-state index contributed by atoms with van der Waals surface area (Å²) >= 11 is 0. The van der Waals surface area contributed by atoms with Crippen molar-refractivity contribution in [3.05, 3.63) is 23.0 Å². The number of hydrogen-bond donors (Lipinski definition) is 1. The fourth-order valence-electron chi connectivity index (χ4n) is 1.59. The molecule has 0 aliphatic carbocycles. The number of nitrogens with one attached hydrogen (secondary N) is 1. The van der Waals surface area contributed by atoms with Crippen molar-refractivity contribution in [2.24, 2.45) is 0 Å². The summed E-state index contributed by atoms with van der Waals surface area (Å²) in [6.07, 6.45) is 1.87. The number of hydrogen-bond acceptors (Lipinski definition) is 3. The van der Waals surface area contributed by atoms with Crippen LogP contribution in [0.25, 0.3) is 5.65 Å². The van der Waals surface area contributed by atoms with Crippen LogP contribution in [0.1, 0.15) is 16.8 Å². The summed E-state index contributed by atoms with van der Waals surface area (Å²) in [5, 5.41) is 7.58. The molecule has 0 aliphatic rings. The number of anilines is 1. The first-order valence-electron chi connectivity index (χ1n) is 4.64. The van der Waals surface area contributed by atoms with Crippen molar-refractivity contribution in [2.75, 3.05) is 12.4 Å². The average molecular weight is 190 g/mol. The third-order valence-corrected chi connectivity index (χ3v) is 2.53. The summed E-state index contributed by atoms with van der Waals surface area (Å²) in [4.78, 5) is 4.37. The Bertz CT molecular complexity index is 484. The van der Waals surface area contributed by atoms with E-state index in [1.54, 1.807) is 0 Å². The van der Waals surface area contributed by atoms with Crippen molar-refractivity contribution < 1.29 is 0 Å². The predicted molar refractivity (Wildman–Crippen MR) is 56.7 cm³/mol. The van der Waals surface area contributed by atoms with E-state index >= 15 is 0 Å². The molecule has 74 valence electrons. The number of nitrogens with zero attached hydrogens (tertiary/aromatic N) is 3. The fourth-order valence-corrected chi connectivity index (χ4v) is 1.59. The molecule has 0 aliphatic heterocycles. The van der Waals surface area contributed by atoms with Crippen LogP contribution in [0.2, 0.25) is 0 Å². The molecule has 0 unspecified atom stereocenters. The summed E-state index contributed by atoms with van der Waals surface area (Å²) < 4.78 is 1.86. The van der Waals surface area contributed by atoms with E-state index in [0.717, 1.165) is 28.3 Å². The monoisotopic (exact) mass is 190 g/mol. The van der Waals surface area contributed by atoms with Gasteiger partial charge in [-0.3, -0.25) is 0 Å². The lowest BCUT2D eigenvalue weighted by atomic mass is 10.3. The van der Waals surface area contributed by atoms with Crippen LogP contribution in [-0.4, -0.2) is 21.6 Å². The average Bonchev–Trinajstić information content (AvgIpc) is 2.43. The molecule has 0 fully saturated rings. The molecule has 0 radical (unpaired) electrons. The van der Waals surface area contributed by atoms with E-state index in [0.29, 0.717) is 0 Å². The maximum Gasteiger partial charge on any atom is 0.160 e. The van der Waals surface area contributed by atoms with Crippen molar-refractivity contribution in [3.8, 4) is 0 Å². The third kappa shape index (κ3) is 1.07. The zero-order valence-corrected chi connectivity index (χ0v) is 8.92. The largest absolute Gasteiger partial charge is 0.373 e. The highest BCUT2D eigenvalue weighted by atomic mass is 15.3. The van der Waals surface area contributed by atoms with Crippen LogP contribution in [0.3, 0.4) is 0 Å². The van der Waals surface area contributed by atoms with Gasteiger partial charge in [-0.05, 0) is 20.8 Å². The Labute approximate surface area is 83.0 Å². The van der Waals surface area contributed by atoms with Gasteiger partial charge in [-0.1, -0.05) is 0 Å². The molecule has 0 saturated heterocycles. The summed E-state index contributed by atoms with van der Waals surface area (Å²) in [5.41, 5.74) is 4.20. The first-order chi connectivity index (χ1) is 6.65. The summed E-state index contributed by atoms with van der Waals surface area (Å²) in [7, 11) is 1.90. The van der Waals surface area contributed by atoms with Crippen molar-refractivity contribution >= 4 is 11.5 Å². The Kier molecular flexibility index (Phi) is 1.91. The highest BCUT2D eigenvalue weighted by Crippen LogP contribution is 2.18. The fraction of sp³-hybridized carbons (Fsp3) is 0.400. The van der Waals surface area contributed by atoms with Crippen molar-refractivity contribution in [3.63, 3.8) is 0 Å². The second-order valence-corrected chi connectivity index (χ2v) is 3.49. The van der Waals surface area contributed by atoms with E-state index in [-0.39, 0.29) is 0 Å². The van der Waals surface area contributed by atoms with Gasteiger partial charge in [0.25, 0.3) is 0 Å². The molecule has 2 aromatic rings. The maximum atomic E-state index is 4.44. The van der Waals surface area contributed by atoms with Gasteiger partial charge in [0.15, 0.2) is 5.65 Å². The molecule has 1 N–H and O–H groups in total. The highest BCUT2D eigenvalue weighted by Gasteiger charge is 2.10. The van der Waals surface area contributed by atoms with Gasteiger partial charge >= 0.3 is 0 Å². The molecular formula is C10H14N4. The number of fused-ring (bicyclic) bond motifs is 1. The van der Waals surface area contributed by atoms with Crippen molar-refractivity contribution in [1.82, 2.24) is 14.6 Å². The summed E-state index contributed by atoms with van der Waals surface area (Å²) in [5.74, 6) is 1.01. The van der Waals surface area contributed by atoms with Gasteiger partial charge in [0.1, 0.15) is 5.82 Å². The molecule has 0 amide bonds. The first kappa shape index (κ1) is 8.99. The van der Waals surface area contributed by atoms with Crippen LogP contribution in [0.5, 0.6) is 0 Å². The van der Waals surface area contributed by atoms with Gasteiger partial charge in [-0.25, -0.2) is 4.98 Å².